The average Bonchev–Trinajstić information content (AvgIpc) is 3.96. The molecule has 0 N–H and O–H groups in total. The molecule has 0 amide bonds. The molecule has 330 valence electrons. The van der Waals surface area contributed by atoms with Crippen LogP contribution < -0.4 is 0 Å². The van der Waals surface area contributed by atoms with Crippen molar-refractivity contribution in [1.82, 2.24) is 14.1 Å². The first-order valence-corrected chi connectivity index (χ1v) is 23.1. The first-order valence-electron chi connectivity index (χ1n) is 23.1. The lowest BCUT2D eigenvalue weighted by molar-refractivity contribution is 1.06. The third kappa shape index (κ3) is 6.84. The number of nitrogens with zero attached hydrogens (tertiary/aromatic N) is 8. The monoisotopic (exact) mass is 914 g/mol. The van der Waals surface area contributed by atoms with Gasteiger partial charge < -0.3 is 4.57 Å². The van der Waals surface area contributed by atoms with Crippen molar-refractivity contribution in [2.24, 2.45) is 0 Å². The predicted molar refractivity (Wildman–Crippen MR) is 287 cm³/mol. The molecule has 9 aromatic carbocycles. The van der Waals surface area contributed by atoms with Gasteiger partial charge in [0, 0.05) is 32.7 Å². The summed E-state index contributed by atoms with van der Waals surface area (Å²) in [4.78, 5) is 13.0. The van der Waals surface area contributed by atoms with E-state index in [1.807, 2.05) is 152 Å². The van der Waals surface area contributed by atoms with E-state index in [-0.39, 0.29) is 0 Å². The van der Waals surface area contributed by atoms with Gasteiger partial charge >= 0.3 is 0 Å². The van der Waals surface area contributed by atoms with Gasteiger partial charge in [0.25, 0.3) is 0 Å². The van der Waals surface area contributed by atoms with E-state index >= 15 is 0 Å². The highest BCUT2D eigenvalue weighted by Crippen LogP contribution is 2.44. The van der Waals surface area contributed by atoms with Crippen molar-refractivity contribution in [3.05, 3.63) is 246 Å². The molecule has 0 spiro atoms. The van der Waals surface area contributed by atoms with Gasteiger partial charge in [-0.2, -0.15) is 15.8 Å². The van der Waals surface area contributed by atoms with Gasteiger partial charge in [0.1, 0.15) is 5.82 Å². The van der Waals surface area contributed by atoms with Crippen molar-refractivity contribution in [2.75, 3.05) is 0 Å². The fourth-order valence-corrected chi connectivity index (χ4v) is 10.3. The van der Waals surface area contributed by atoms with E-state index in [0.29, 0.717) is 33.9 Å². The van der Waals surface area contributed by atoms with E-state index in [1.54, 1.807) is 0 Å². The Bertz CT molecular complexity index is 4250. The summed E-state index contributed by atoms with van der Waals surface area (Å²) in [5.41, 5.74) is 15.4. The van der Waals surface area contributed by atoms with Crippen molar-refractivity contribution >= 4 is 55.0 Å². The molecule has 12 aromatic rings. The molecule has 0 radical (unpaired) electrons. The Hall–Kier alpha value is -10.8. The van der Waals surface area contributed by atoms with Crippen LogP contribution in [-0.2, 0) is 0 Å². The van der Waals surface area contributed by atoms with Crippen LogP contribution in [0.15, 0.2) is 206 Å². The van der Waals surface area contributed by atoms with Crippen molar-refractivity contribution in [3.63, 3.8) is 0 Å². The van der Waals surface area contributed by atoms with Gasteiger partial charge in [-0.05, 0) is 117 Å². The second-order valence-corrected chi connectivity index (χ2v) is 17.4. The largest absolute Gasteiger partial charge is 0.307 e. The third-order valence-electron chi connectivity index (χ3n) is 13.6. The predicted octanol–water partition coefficient (Wildman–Crippen LogP) is 16.3. The molecule has 0 unspecified atom stereocenters. The van der Waals surface area contributed by atoms with Gasteiger partial charge in [-0.3, -0.25) is 4.57 Å². The van der Waals surface area contributed by atoms with E-state index in [9.17, 15) is 15.8 Å². The molecule has 0 fully saturated rings. The second kappa shape index (κ2) is 17.4. The number of fused-ring (bicyclic) bond motifs is 6. The molecule has 72 heavy (non-hydrogen) atoms. The third-order valence-corrected chi connectivity index (χ3v) is 13.6. The summed E-state index contributed by atoms with van der Waals surface area (Å²) in [7, 11) is 0. The van der Waals surface area contributed by atoms with E-state index < -0.39 is 0 Å². The molecule has 0 atom stereocenters. The fraction of sp³-hybridized carbons (Fsp3) is 0. The minimum Gasteiger partial charge on any atom is -0.307 e. The highest BCUT2D eigenvalue weighted by molar-refractivity contribution is 6.14. The molecular formula is C64H34N8. The summed E-state index contributed by atoms with van der Waals surface area (Å²) in [6, 6.07) is 72.3. The molecule has 3 heterocycles. The van der Waals surface area contributed by atoms with Gasteiger partial charge in [0.15, 0.2) is 11.4 Å². The number of benzene rings is 9. The Morgan fingerprint density at radius 2 is 0.708 bits per heavy atom. The zero-order valence-corrected chi connectivity index (χ0v) is 38.2. The molecule has 0 aliphatic rings. The SMILES string of the molecule is [C-]#[N+]c1ccccc1-c1ccc2c(c1)c1cc(-c3ccccc3[N+]#[C-])ccc1n2-c1cnc(-n2c3ccc(-c4ccccc4C#N)cc3c3cc(-c4ccccc4C#N)ccc32)cc1-c1ccccc1C#N. The standard InChI is InChI=1S/C64H34N8/c1-68-57-21-11-9-19-50(57)42-25-27-59-52(33-42)53-34-43(51-20-10-12-22-58(51)69-2)26-28-60(53)71(59)63-39-70-64(35-56(63)49-18-8-5-15-46(49)38-67)72-61-29-23-40(47-16-6-3-13-44(47)36-65)31-54(61)55-32-41(24-30-62(55)72)48-17-7-4-14-45(48)37-66/h3-35,39H. The maximum atomic E-state index is 10.7. The topological polar surface area (TPSA) is 103 Å². The van der Waals surface area contributed by atoms with Crippen molar-refractivity contribution in [1.29, 1.82) is 15.8 Å². The lowest BCUT2D eigenvalue weighted by Crippen LogP contribution is -2.04. The number of hydrogen-bond acceptors (Lipinski definition) is 4. The first-order chi connectivity index (χ1) is 35.5. The highest BCUT2D eigenvalue weighted by atomic mass is 15.1. The van der Waals surface area contributed by atoms with Crippen LogP contribution in [0.2, 0.25) is 0 Å². The summed E-state index contributed by atoms with van der Waals surface area (Å²) in [6.45, 7) is 15.9. The van der Waals surface area contributed by atoms with Gasteiger partial charge in [0.2, 0.25) is 0 Å². The number of hydrogen-bond donors (Lipinski definition) is 0. The summed E-state index contributed by atoms with van der Waals surface area (Å²) >= 11 is 0. The molecule has 8 heteroatoms. The smallest absolute Gasteiger partial charge is 0.194 e. The van der Waals surface area contributed by atoms with E-state index in [2.05, 4.69) is 91.6 Å². The van der Waals surface area contributed by atoms with Gasteiger partial charge in [0.05, 0.1) is 82.0 Å². The quantitative estimate of drug-likeness (QED) is 0.149. The highest BCUT2D eigenvalue weighted by Gasteiger charge is 2.23. The number of para-hydroxylation sites is 2. The van der Waals surface area contributed by atoms with Crippen LogP contribution in [0.4, 0.5) is 11.4 Å². The van der Waals surface area contributed by atoms with Crippen molar-refractivity contribution in [3.8, 4) is 85.3 Å². The maximum Gasteiger partial charge on any atom is 0.194 e. The zero-order valence-electron chi connectivity index (χ0n) is 38.2. The number of rotatable bonds is 7. The number of pyridine rings is 1. The Balaban J connectivity index is 1.14. The van der Waals surface area contributed by atoms with Gasteiger partial charge in [-0.15, -0.1) is 0 Å². The van der Waals surface area contributed by atoms with E-state index in [0.717, 1.165) is 105 Å². The molecular weight excluding hydrogens is 881 g/mol. The normalized spacial score (nSPS) is 11.0. The van der Waals surface area contributed by atoms with Crippen LogP contribution in [-0.4, -0.2) is 14.1 Å². The van der Waals surface area contributed by atoms with Gasteiger partial charge in [-0.1, -0.05) is 127 Å². The van der Waals surface area contributed by atoms with Crippen LogP contribution in [0.1, 0.15) is 16.7 Å². The van der Waals surface area contributed by atoms with Crippen molar-refractivity contribution < 1.29 is 0 Å². The van der Waals surface area contributed by atoms with E-state index in [1.165, 1.54) is 0 Å². The Morgan fingerprint density at radius 1 is 0.361 bits per heavy atom. The molecule has 0 aliphatic carbocycles. The Morgan fingerprint density at radius 3 is 1.12 bits per heavy atom. The molecule has 12 rings (SSSR count). The van der Waals surface area contributed by atoms with Crippen LogP contribution in [0.25, 0.3) is 120 Å². The first kappa shape index (κ1) is 42.5. The van der Waals surface area contributed by atoms with Gasteiger partial charge in [-0.25, -0.2) is 14.7 Å². The van der Waals surface area contributed by atoms with E-state index in [4.69, 9.17) is 18.1 Å². The number of aromatic nitrogens is 3. The molecule has 0 bridgehead atoms. The summed E-state index contributed by atoms with van der Waals surface area (Å²) in [6.07, 6.45) is 1.88. The minimum atomic E-state index is 0.497. The average molecular weight is 915 g/mol. The summed E-state index contributed by atoms with van der Waals surface area (Å²) < 4.78 is 4.34. The lowest BCUT2D eigenvalue weighted by Gasteiger charge is -2.17. The number of nitriles is 3. The Labute approximate surface area is 414 Å². The fourth-order valence-electron chi connectivity index (χ4n) is 10.3. The maximum absolute atomic E-state index is 10.7. The minimum absolute atomic E-state index is 0.497. The molecule has 3 aromatic heterocycles. The Kier molecular flexibility index (Phi) is 10.3. The summed E-state index contributed by atoms with van der Waals surface area (Å²) in [5, 5.41) is 34.7. The van der Waals surface area contributed by atoms with Crippen molar-refractivity contribution in [2.45, 2.75) is 0 Å². The van der Waals surface area contributed by atoms with Crippen LogP contribution in [0, 0.1) is 47.1 Å². The lowest BCUT2D eigenvalue weighted by atomic mass is 9.96. The molecule has 8 nitrogen and oxygen atoms in total. The molecule has 0 saturated heterocycles. The molecule has 0 aliphatic heterocycles. The van der Waals surface area contributed by atoms with Crippen LogP contribution in [0.5, 0.6) is 0 Å². The van der Waals surface area contributed by atoms with Crippen LogP contribution >= 0.6 is 0 Å². The zero-order chi connectivity index (χ0) is 48.9. The van der Waals surface area contributed by atoms with Crippen LogP contribution in [0.3, 0.4) is 0 Å². The molecule has 0 saturated carbocycles. The second-order valence-electron chi connectivity index (χ2n) is 17.4. The summed E-state index contributed by atoms with van der Waals surface area (Å²) in [5.74, 6) is 0.619.